The molecule has 0 aliphatic heterocycles. The van der Waals surface area contributed by atoms with E-state index in [9.17, 15) is 10.2 Å². The molecule has 2 N–H and O–H groups in total. The molecule has 3 rings (SSSR count). The second-order valence-corrected chi connectivity index (χ2v) is 6.60. The Morgan fingerprint density at radius 3 is 2.57 bits per heavy atom. The Balaban J connectivity index is 1.75. The van der Waals surface area contributed by atoms with Crippen LogP contribution in [0.1, 0.15) is 30.1 Å². The van der Waals surface area contributed by atoms with Gasteiger partial charge in [0.15, 0.2) is 11.5 Å². The van der Waals surface area contributed by atoms with Crippen LogP contribution in [0.15, 0.2) is 30.6 Å². The van der Waals surface area contributed by atoms with Crippen molar-refractivity contribution in [1.29, 1.82) is 0 Å². The zero-order valence-electron chi connectivity index (χ0n) is 12.4. The lowest BCUT2D eigenvalue weighted by Crippen LogP contribution is -2.05. The number of halogens is 2. The first-order valence-electron chi connectivity index (χ1n) is 7.46. The zero-order valence-corrected chi connectivity index (χ0v) is 13.9. The molecule has 4 nitrogen and oxygen atoms in total. The van der Waals surface area contributed by atoms with Crippen LogP contribution in [-0.4, -0.2) is 21.8 Å². The minimum absolute atomic E-state index is 0.0709. The van der Waals surface area contributed by atoms with E-state index in [0.717, 1.165) is 0 Å². The number of phenols is 1. The standard InChI is InChI=1S/C17H17Cl2NO3/c18-13-7-20-8-14(19)12(13)6-16(22)11-3-4-15(21)17(5-11)23-9-10-1-2-10/h3-5,7-8,10,16,21-22H,1-2,6,9H2. The molecule has 0 amide bonds. The van der Waals surface area contributed by atoms with Crippen molar-refractivity contribution in [2.75, 3.05) is 6.61 Å². The van der Waals surface area contributed by atoms with Gasteiger partial charge in [-0.05, 0) is 42.0 Å². The number of aliphatic hydroxyl groups excluding tert-OH is 1. The topological polar surface area (TPSA) is 62.6 Å². The quantitative estimate of drug-likeness (QED) is 0.818. The molecular weight excluding hydrogens is 337 g/mol. The summed E-state index contributed by atoms with van der Waals surface area (Å²) in [6.45, 7) is 0.592. The van der Waals surface area contributed by atoms with Crippen LogP contribution < -0.4 is 4.74 Å². The maximum absolute atomic E-state index is 10.5. The summed E-state index contributed by atoms with van der Waals surface area (Å²) in [7, 11) is 0. The highest BCUT2D eigenvalue weighted by molar-refractivity contribution is 6.35. The summed E-state index contributed by atoms with van der Waals surface area (Å²) in [6, 6.07) is 4.84. The first-order chi connectivity index (χ1) is 11.0. The molecule has 1 saturated carbocycles. The molecular formula is C17H17Cl2NO3. The molecule has 122 valence electrons. The van der Waals surface area contributed by atoms with Crippen LogP contribution in [0.25, 0.3) is 0 Å². The van der Waals surface area contributed by atoms with Gasteiger partial charge < -0.3 is 14.9 Å². The maximum atomic E-state index is 10.5. The van der Waals surface area contributed by atoms with E-state index in [1.54, 1.807) is 12.1 Å². The number of benzene rings is 1. The van der Waals surface area contributed by atoms with Crippen molar-refractivity contribution in [3.8, 4) is 11.5 Å². The number of hydrogen-bond donors (Lipinski definition) is 2. The van der Waals surface area contributed by atoms with Crippen molar-refractivity contribution in [1.82, 2.24) is 4.98 Å². The highest BCUT2D eigenvalue weighted by Gasteiger charge is 2.23. The smallest absolute Gasteiger partial charge is 0.161 e. The van der Waals surface area contributed by atoms with Gasteiger partial charge in [0.05, 0.1) is 22.8 Å². The predicted octanol–water partition coefficient (Wildman–Crippen LogP) is 4.16. The maximum Gasteiger partial charge on any atom is 0.161 e. The van der Waals surface area contributed by atoms with Gasteiger partial charge in [-0.15, -0.1) is 0 Å². The van der Waals surface area contributed by atoms with Crippen LogP contribution >= 0.6 is 23.2 Å². The number of phenolic OH excluding ortho intramolecular Hbond substituents is 1. The number of aromatic hydroxyl groups is 1. The largest absolute Gasteiger partial charge is 0.504 e. The van der Waals surface area contributed by atoms with E-state index in [1.165, 1.54) is 31.3 Å². The Hall–Kier alpha value is -1.49. The number of rotatable bonds is 6. The summed E-state index contributed by atoms with van der Waals surface area (Å²) in [6.07, 6.45) is 4.78. The lowest BCUT2D eigenvalue weighted by atomic mass is 10.0. The first-order valence-corrected chi connectivity index (χ1v) is 8.22. The Kier molecular flexibility index (Phi) is 4.95. The fraction of sp³-hybridized carbons (Fsp3) is 0.353. The average molecular weight is 354 g/mol. The molecule has 1 unspecified atom stereocenters. The summed E-state index contributed by atoms with van der Waals surface area (Å²) < 4.78 is 5.63. The van der Waals surface area contributed by atoms with Crippen LogP contribution in [0.5, 0.6) is 11.5 Å². The molecule has 6 heteroatoms. The SMILES string of the molecule is Oc1ccc(C(O)Cc2c(Cl)cncc2Cl)cc1OCC1CC1. The fourth-order valence-corrected chi connectivity index (χ4v) is 2.81. The summed E-state index contributed by atoms with van der Waals surface area (Å²) in [4.78, 5) is 3.90. The van der Waals surface area contributed by atoms with Crippen molar-refractivity contribution in [3.05, 3.63) is 51.8 Å². The van der Waals surface area contributed by atoms with Gasteiger partial charge in [-0.1, -0.05) is 29.3 Å². The van der Waals surface area contributed by atoms with Crippen molar-refractivity contribution < 1.29 is 14.9 Å². The van der Waals surface area contributed by atoms with Crippen molar-refractivity contribution in [2.24, 2.45) is 5.92 Å². The van der Waals surface area contributed by atoms with E-state index >= 15 is 0 Å². The minimum Gasteiger partial charge on any atom is -0.504 e. The molecule has 1 aliphatic carbocycles. The highest BCUT2D eigenvalue weighted by atomic mass is 35.5. The zero-order chi connectivity index (χ0) is 16.4. The van der Waals surface area contributed by atoms with Crippen molar-refractivity contribution in [3.63, 3.8) is 0 Å². The monoisotopic (exact) mass is 353 g/mol. The number of nitrogens with zero attached hydrogens (tertiary/aromatic N) is 1. The van der Waals surface area contributed by atoms with Gasteiger partial charge in [0.25, 0.3) is 0 Å². The Morgan fingerprint density at radius 2 is 1.91 bits per heavy atom. The molecule has 1 aromatic carbocycles. The third kappa shape index (κ3) is 4.08. The molecule has 1 aromatic heterocycles. The van der Waals surface area contributed by atoms with Gasteiger partial charge in [0.2, 0.25) is 0 Å². The Labute approximate surface area is 144 Å². The summed E-state index contributed by atoms with van der Waals surface area (Å²) >= 11 is 12.2. The Morgan fingerprint density at radius 1 is 1.22 bits per heavy atom. The molecule has 1 aliphatic rings. The number of aliphatic hydroxyl groups is 1. The molecule has 0 radical (unpaired) electrons. The van der Waals surface area contributed by atoms with Crippen molar-refractivity contribution >= 4 is 23.2 Å². The second kappa shape index (κ2) is 6.95. The predicted molar refractivity (Wildman–Crippen MR) is 89.2 cm³/mol. The number of aromatic nitrogens is 1. The third-order valence-electron chi connectivity index (χ3n) is 3.89. The van der Waals surface area contributed by atoms with Gasteiger partial charge >= 0.3 is 0 Å². The normalized spacial score (nSPS) is 15.4. The van der Waals surface area contributed by atoms with E-state index in [0.29, 0.717) is 39.4 Å². The summed E-state index contributed by atoms with van der Waals surface area (Å²) in [5.41, 5.74) is 1.28. The highest BCUT2D eigenvalue weighted by Crippen LogP contribution is 2.35. The van der Waals surface area contributed by atoms with Gasteiger partial charge in [0, 0.05) is 18.8 Å². The van der Waals surface area contributed by atoms with E-state index < -0.39 is 6.10 Å². The molecule has 0 bridgehead atoms. The third-order valence-corrected chi connectivity index (χ3v) is 4.54. The van der Waals surface area contributed by atoms with E-state index in [-0.39, 0.29) is 12.2 Å². The summed E-state index contributed by atoms with van der Waals surface area (Å²) in [5.74, 6) is 1.04. The molecule has 0 saturated heterocycles. The molecule has 23 heavy (non-hydrogen) atoms. The summed E-state index contributed by atoms with van der Waals surface area (Å²) in [5, 5.41) is 21.2. The lowest BCUT2D eigenvalue weighted by molar-refractivity contribution is 0.177. The van der Waals surface area contributed by atoms with Crippen LogP contribution in [0.2, 0.25) is 10.0 Å². The molecule has 1 atom stereocenters. The number of pyridine rings is 1. The molecule has 2 aromatic rings. The fourth-order valence-electron chi connectivity index (χ4n) is 2.29. The van der Waals surface area contributed by atoms with Crippen LogP contribution in [0, 0.1) is 5.92 Å². The van der Waals surface area contributed by atoms with Gasteiger partial charge in [-0.2, -0.15) is 0 Å². The van der Waals surface area contributed by atoms with Gasteiger partial charge in [0.1, 0.15) is 0 Å². The molecule has 1 fully saturated rings. The van der Waals surface area contributed by atoms with Crippen LogP contribution in [-0.2, 0) is 6.42 Å². The molecule has 1 heterocycles. The second-order valence-electron chi connectivity index (χ2n) is 5.78. The number of hydrogen-bond acceptors (Lipinski definition) is 4. The van der Waals surface area contributed by atoms with E-state index in [2.05, 4.69) is 4.98 Å². The van der Waals surface area contributed by atoms with Crippen molar-refractivity contribution in [2.45, 2.75) is 25.4 Å². The van der Waals surface area contributed by atoms with Crippen LogP contribution in [0.4, 0.5) is 0 Å². The molecule has 0 spiro atoms. The first kappa shape index (κ1) is 16.4. The number of ether oxygens (including phenoxy) is 1. The minimum atomic E-state index is -0.809. The average Bonchev–Trinajstić information content (AvgIpc) is 3.34. The Bertz CT molecular complexity index is 684. The van der Waals surface area contributed by atoms with Crippen LogP contribution in [0.3, 0.4) is 0 Å². The van der Waals surface area contributed by atoms with Gasteiger partial charge in [-0.25, -0.2) is 0 Å². The lowest BCUT2D eigenvalue weighted by Gasteiger charge is -2.15. The van der Waals surface area contributed by atoms with Gasteiger partial charge in [-0.3, -0.25) is 4.98 Å². The van der Waals surface area contributed by atoms with E-state index in [4.69, 9.17) is 27.9 Å². The van der Waals surface area contributed by atoms with E-state index in [1.807, 2.05) is 0 Å².